The topological polar surface area (TPSA) is 18.5 Å². The molecular formula is C30H61ClO2. The molecule has 0 radical (unpaired) electrons. The first kappa shape index (κ1) is 33.2. The summed E-state index contributed by atoms with van der Waals surface area (Å²) in [5.41, 5.74) is 0. The van der Waals surface area contributed by atoms with Crippen molar-refractivity contribution >= 4 is 11.6 Å². The second-order valence-electron chi connectivity index (χ2n) is 11.8. The maximum atomic E-state index is 5.85. The highest BCUT2D eigenvalue weighted by molar-refractivity contribution is 6.17. The SMILES string of the molecule is CCCCCCOCOCCCC(C)CC(C)CC(C)CC(C)CC(C)CC(C)CCCCl. The molecule has 2 nitrogen and oxygen atoms in total. The Kier molecular flexibility index (Phi) is 22.8. The number of unbranched alkanes of at least 4 members (excludes halogenated alkanes) is 3. The lowest BCUT2D eigenvalue weighted by atomic mass is 9.81. The number of ether oxygens (including phenoxy) is 2. The van der Waals surface area contributed by atoms with Crippen LogP contribution in [0.25, 0.3) is 0 Å². The molecule has 200 valence electrons. The van der Waals surface area contributed by atoms with Gasteiger partial charge in [-0.1, -0.05) is 67.7 Å². The molecule has 0 saturated carbocycles. The second-order valence-corrected chi connectivity index (χ2v) is 12.2. The van der Waals surface area contributed by atoms with E-state index in [1.165, 1.54) is 70.6 Å². The van der Waals surface area contributed by atoms with Crippen LogP contribution in [-0.4, -0.2) is 25.9 Å². The van der Waals surface area contributed by atoms with Crippen LogP contribution in [0.1, 0.15) is 132 Å². The van der Waals surface area contributed by atoms with E-state index in [0.29, 0.717) is 6.79 Å². The maximum absolute atomic E-state index is 5.85. The van der Waals surface area contributed by atoms with Gasteiger partial charge in [0.2, 0.25) is 0 Å². The van der Waals surface area contributed by atoms with Crippen molar-refractivity contribution in [1.29, 1.82) is 0 Å². The number of hydrogen-bond acceptors (Lipinski definition) is 2. The molecule has 0 aliphatic carbocycles. The van der Waals surface area contributed by atoms with E-state index in [4.69, 9.17) is 21.1 Å². The molecule has 6 unspecified atom stereocenters. The predicted molar refractivity (Wildman–Crippen MR) is 148 cm³/mol. The lowest BCUT2D eigenvalue weighted by Crippen LogP contribution is -2.13. The molecule has 0 aliphatic heterocycles. The zero-order valence-electron chi connectivity index (χ0n) is 23.7. The highest BCUT2D eigenvalue weighted by Gasteiger charge is 2.17. The van der Waals surface area contributed by atoms with Crippen LogP contribution >= 0.6 is 11.6 Å². The highest BCUT2D eigenvalue weighted by atomic mass is 35.5. The molecule has 0 bridgehead atoms. The first-order valence-electron chi connectivity index (χ1n) is 14.5. The molecule has 0 aromatic heterocycles. The third kappa shape index (κ3) is 22.4. The molecule has 0 heterocycles. The van der Waals surface area contributed by atoms with E-state index in [1.54, 1.807) is 0 Å². The van der Waals surface area contributed by atoms with Gasteiger partial charge in [0.1, 0.15) is 6.79 Å². The van der Waals surface area contributed by atoms with Gasteiger partial charge in [0.15, 0.2) is 0 Å². The number of rotatable bonds is 24. The molecule has 0 aromatic carbocycles. The number of alkyl halides is 1. The van der Waals surface area contributed by atoms with Crippen molar-refractivity contribution in [3.63, 3.8) is 0 Å². The minimum Gasteiger partial charge on any atom is -0.355 e. The van der Waals surface area contributed by atoms with Crippen molar-refractivity contribution in [1.82, 2.24) is 0 Å². The van der Waals surface area contributed by atoms with Gasteiger partial charge in [0, 0.05) is 19.1 Å². The van der Waals surface area contributed by atoms with Gasteiger partial charge in [-0.15, -0.1) is 11.6 Å². The smallest absolute Gasteiger partial charge is 0.146 e. The van der Waals surface area contributed by atoms with E-state index < -0.39 is 0 Å². The molecule has 0 rings (SSSR count). The Labute approximate surface area is 214 Å². The maximum Gasteiger partial charge on any atom is 0.146 e. The van der Waals surface area contributed by atoms with Crippen LogP contribution < -0.4 is 0 Å². The Hall–Kier alpha value is 0.210. The molecule has 0 N–H and O–H groups in total. The molecule has 33 heavy (non-hydrogen) atoms. The van der Waals surface area contributed by atoms with Crippen LogP contribution in [0.3, 0.4) is 0 Å². The Balaban J connectivity index is 3.79. The van der Waals surface area contributed by atoms with Gasteiger partial charge in [0.05, 0.1) is 0 Å². The van der Waals surface area contributed by atoms with Crippen LogP contribution in [0.2, 0.25) is 0 Å². The summed E-state index contributed by atoms with van der Waals surface area (Å²) in [4.78, 5) is 0. The molecule has 0 fully saturated rings. The summed E-state index contributed by atoms with van der Waals surface area (Å²) < 4.78 is 11.2. The molecule has 6 atom stereocenters. The Morgan fingerprint density at radius 1 is 0.515 bits per heavy atom. The van der Waals surface area contributed by atoms with E-state index >= 15 is 0 Å². The summed E-state index contributed by atoms with van der Waals surface area (Å²) >= 11 is 5.85. The first-order valence-corrected chi connectivity index (χ1v) is 15.0. The van der Waals surface area contributed by atoms with Crippen molar-refractivity contribution in [3.05, 3.63) is 0 Å². The minimum absolute atomic E-state index is 0.470. The fourth-order valence-electron chi connectivity index (χ4n) is 5.82. The fraction of sp³-hybridized carbons (Fsp3) is 1.00. The van der Waals surface area contributed by atoms with Gasteiger partial charge in [-0.25, -0.2) is 0 Å². The molecule has 0 aliphatic rings. The summed E-state index contributed by atoms with van der Waals surface area (Å²) in [5, 5.41) is 0. The summed E-state index contributed by atoms with van der Waals surface area (Å²) in [7, 11) is 0. The van der Waals surface area contributed by atoms with Gasteiger partial charge in [-0.3, -0.25) is 0 Å². The second kappa shape index (κ2) is 22.7. The summed E-state index contributed by atoms with van der Waals surface area (Å²) in [6.45, 7) is 19.1. The van der Waals surface area contributed by atoms with Crippen molar-refractivity contribution in [2.75, 3.05) is 25.9 Å². The van der Waals surface area contributed by atoms with Crippen LogP contribution in [0.4, 0.5) is 0 Å². The quantitative estimate of drug-likeness (QED) is 0.0763. The highest BCUT2D eigenvalue weighted by Crippen LogP contribution is 2.29. The van der Waals surface area contributed by atoms with E-state index in [9.17, 15) is 0 Å². The fourth-order valence-corrected chi connectivity index (χ4v) is 5.98. The molecule has 0 aromatic rings. The van der Waals surface area contributed by atoms with Crippen LogP contribution in [0, 0.1) is 35.5 Å². The third-order valence-electron chi connectivity index (χ3n) is 7.15. The van der Waals surface area contributed by atoms with Crippen molar-refractivity contribution < 1.29 is 9.47 Å². The van der Waals surface area contributed by atoms with Gasteiger partial charge < -0.3 is 9.47 Å². The Bertz CT molecular complexity index is 403. The predicted octanol–water partition coefficient (Wildman–Crippen LogP) is 10.1. The van der Waals surface area contributed by atoms with Gasteiger partial charge >= 0.3 is 0 Å². The molecule has 0 saturated heterocycles. The summed E-state index contributed by atoms with van der Waals surface area (Å²) in [6.07, 6.45) is 16.7. The Morgan fingerprint density at radius 2 is 0.939 bits per heavy atom. The van der Waals surface area contributed by atoms with Crippen molar-refractivity contribution in [2.45, 2.75) is 132 Å². The minimum atomic E-state index is 0.470. The Morgan fingerprint density at radius 3 is 1.39 bits per heavy atom. The standard InChI is InChI=1S/C30H61ClO2/c1-8-9-10-11-17-32-24-33-18-13-15-26(3)20-28(5)22-30(7)23-29(6)21-27(4)19-25(2)14-12-16-31/h25-30H,8-24H2,1-7H3. The third-order valence-corrected chi connectivity index (χ3v) is 7.42. The lowest BCUT2D eigenvalue weighted by Gasteiger charge is -2.25. The first-order chi connectivity index (χ1) is 15.8. The van der Waals surface area contributed by atoms with Crippen molar-refractivity contribution in [2.24, 2.45) is 35.5 Å². The zero-order chi connectivity index (χ0) is 24.9. The molecule has 3 heteroatoms. The van der Waals surface area contributed by atoms with Crippen molar-refractivity contribution in [3.8, 4) is 0 Å². The summed E-state index contributed by atoms with van der Waals surface area (Å²) in [6, 6.07) is 0. The average Bonchev–Trinajstić information content (AvgIpc) is 2.72. The normalized spacial score (nSPS) is 17.5. The van der Waals surface area contributed by atoms with Crippen LogP contribution in [0.15, 0.2) is 0 Å². The molecule has 0 amide bonds. The number of hydrogen-bond donors (Lipinski definition) is 0. The molecular weight excluding hydrogens is 428 g/mol. The van der Waals surface area contributed by atoms with E-state index in [0.717, 1.165) is 67.4 Å². The van der Waals surface area contributed by atoms with Crippen LogP contribution in [0.5, 0.6) is 0 Å². The zero-order valence-corrected chi connectivity index (χ0v) is 24.4. The van der Waals surface area contributed by atoms with Gasteiger partial charge in [-0.05, 0) is 99.7 Å². The van der Waals surface area contributed by atoms with E-state index in [-0.39, 0.29) is 0 Å². The van der Waals surface area contributed by atoms with E-state index in [1.807, 2.05) is 0 Å². The van der Waals surface area contributed by atoms with E-state index in [2.05, 4.69) is 48.5 Å². The lowest BCUT2D eigenvalue weighted by molar-refractivity contribution is -0.0561. The summed E-state index contributed by atoms with van der Waals surface area (Å²) in [5.74, 6) is 5.75. The largest absolute Gasteiger partial charge is 0.355 e. The van der Waals surface area contributed by atoms with Gasteiger partial charge in [-0.2, -0.15) is 0 Å². The number of halogens is 1. The van der Waals surface area contributed by atoms with Gasteiger partial charge in [0.25, 0.3) is 0 Å². The monoisotopic (exact) mass is 488 g/mol. The molecule has 0 spiro atoms. The van der Waals surface area contributed by atoms with Crippen LogP contribution in [-0.2, 0) is 9.47 Å². The average molecular weight is 489 g/mol.